The van der Waals surface area contributed by atoms with Crippen molar-refractivity contribution in [3.63, 3.8) is 0 Å². The highest BCUT2D eigenvalue weighted by atomic mass is 32.1. The van der Waals surface area contributed by atoms with Crippen LogP contribution in [0, 0.1) is 11.2 Å². The number of hydrogen-bond acceptors (Lipinski definition) is 6. The molecule has 1 aromatic heterocycles. The molecule has 0 aliphatic carbocycles. The normalized spacial score (nSPS) is 19.1. The zero-order chi connectivity index (χ0) is 36.9. The Balaban J connectivity index is 1.27. The van der Waals surface area contributed by atoms with Gasteiger partial charge in [0.15, 0.2) is 0 Å². The fraction of sp³-hybridized carbons (Fsp3) is 0.361. The van der Waals surface area contributed by atoms with Gasteiger partial charge in [-0.25, -0.2) is 4.39 Å². The Labute approximate surface area is 296 Å². The topological polar surface area (TPSA) is 136 Å². The molecular weight excluding hydrogens is 706 g/mol. The minimum atomic E-state index is -5.80. The van der Waals surface area contributed by atoms with Crippen molar-refractivity contribution in [2.45, 2.75) is 57.6 Å². The molecule has 0 saturated carbocycles. The van der Waals surface area contributed by atoms with Crippen LogP contribution in [0.2, 0.25) is 0 Å². The maximum absolute atomic E-state index is 14.6. The van der Waals surface area contributed by atoms with Crippen LogP contribution in [0.1, 0.15) is 58.8 Å². The summed E-state index contributed by atoms with van der Waals surface area (Å²) in [6, 6.07) is 15.9. The van der Waals surface area contributed by atoms with Gasteiger partial charge in [-0.2, -0.15) is 8.78 Å². The molecule has 6 rings (SSSR count). The van der Waals surface area contributed by atoms with Crippen molar-refractivity contribution in [3.05, 3.63) is 106 Å². The van der Waals surface area contributed by atoms with Gasteiger partial charge in [0.2, 0.25) is 11.8 Å². The molecule has 2 aliphatic rings. The highest BCUT2D eigenvalue weighted by Gasteiger charge is 2.50. The molecule has 3 heterocycles. The number of ether oxygens (including phenoxy) is 1. The summed E-state index contributed by atoms with van der Waals surface area (Å²) < 4.78 is 60.2. The molecular formula is C36H37F3N3O7PS. The van der Waals surface area contributed by atoms with Crippen molar-refractivity contribution in [3.8, 4) is 0 Å². The summed E-state index contributed by atoms with van der Waals surface area (Å²) in [5, 5.41) is 3.01. The first-order valence-corrected chi connectivity index (χ1v) is 18.7. The number of carbonyl (C=O) groups excluding carboxylic acids is 3. The van der Waals surface area contributed by atoms with Gasteiger partial charge < -0.3 is 29.6 Å². The van der Waals surface area contributed by atoms with Gasteiger partial charge in [-0.3, -0.25) is 18.9 Å². The van der Waals surface area contributed by atoms with E-state index < -0.39 is 54.2 Å². The van der Waals surface area contributed by atoms with Gasteiger partial charge in [0, 0.05) is 29.8 Å². The highest BCUT2D eigenvalue weighted by Crippen LogP contribution is 2.59. The number of benzene rings is 3. The molecule has 10 nitrogen and oxygen atoms in total. The first kappa shape index (κ1) is 36.7. The number of hydrogen-bond donors (Lipinski definition) is 3. The molecule has 1 saturated heterocycles. The van der Waals surface area contributed by atoms with E-state index in [0.29, 0.717) is 11.2 Å². The van der Waals surface area contributed by atoms with Crippen LogP contribution in [0.15, 0.2) is 72.8 Å². The molecule has 0 bridgehead atoms. The predicted octanol–water partition coefficient (Wildman–Crippen LogP) is 5.97. The van der Waals surface area contributed by atoms with Crippen molar-refractivity contribution < 1.29 is 46.6 Å². The predicted molar refractivity (Wildman–Crippen MR) is 185 cm³/mol. The second kappa shape index (κ2) is 13.8. The van der Waals surface area contributed by atoms with E-state index >= 15 is 0 Å². The van der Waals surface area contributed by atoms with Crippen LogP contribution in [-0.4, -0.2) is 69.1 Å². The van der Waals surface area contributed by atoms with Crippen LogP contribution in [0.25, 0.3) is 10.1 Å². The van der Waals surface area contributed by atoms with Gasteiger partial charge in [-0.1, -0.05) is 63.2 Å². The third-order valence-electron chi connectivity index (χ3n) is 9.28. The molecule has 1 unspecified atom stereocenters. The van der Waals surface area contributed by atoms with E-state index in [1.807, 2.05) is 24.3 Å². The van der Waals surface area contributed by atoms with Crippen molar-refractivity contribution in [1.29, 1.82) is 0 Å². The second-order valence-electron chi connectivity index (χ2n) is 13.9. The van der Waals surface area contributed by atoms with Crippen LogP contribution in [0.3, 0.4) is 0 Å². The minimum Gasteiger partial charge on any atom is -0.370 e. The van der Waals surface area contributed by atoms with E-state index in [2.05, 4.69) is 5.32 Å². The molecule has 15 heteroatoms. The lowest BCUT2D eigenvalue weighted by atomic mass is 9.84. The first-order valence-electron chi connectivity index (χ1n) is 16.3. The molecule has 3 aromatic carbocycles. The van der Waals surface area contributed by atoms with Crippen molar-refractivity contribution >= 4 is 46.7 Å². The molecule has 3 amide bonds. The van der Waals surface area contributed by atoms with Crippen LogP contribution < -0.4 is 5.32 Å². The zero-order valence-electron chi connectivity index (χ0n) is 28.0. The Hall–Kier alpha value is -4.07. The molecule has 2 aliphatic heterocycles. The van der Waals surface area contributed by atoms with E-state index in [4.69, 9.17) is 4.74 Å². The molecule has 3 N–H and O–H groups in total. The van der Waals surface area contributed by atoms with Crippen LogP contribution in [-0.2, 0) is 37.5 Å². The SMILES string of the molecule is CC(C)(C)[C@H](NC(=O)c1cc2cc(C(F)(F)P(=O)(O)O)ccc2s1)C(=O)N1Cc2ccccc2C[C@H]1C(=O)N1CCOC(c2ccc(F)cc2)C1. The Bertz CT molecular complexity index is 2030. The summed E-state index contributed by atoms with van der Waals surface area (Å²) in [5.74, 6) is -1.79. The smallest absolute Gasteiger partial charge is 0.370 e. The molecule has 0 radical (unpaired) electrons. The van der Waals surface area contributed by atoms with Gasteiger partial charge in [-0.05, 0) is 57.8 Å². The fourth-order valence-corrected chi connectivity index (χ4v) is 7.86. The summed E-state index contributed by atoms with van der Waals surface area (Å²) >= 11 is 0.977. The Morgan fingerprint density at radius 1 is 1.00 bits per heavy atom. The molecule has 4 aromatic rings. The van der Waals surface area contributed by atoms with E-state index in [9.17, 15) is 41.9 Å². The number of thiophene rings is 1. The van der Waals surface area contributed by atoms with Crippen LogP contribution >= 0.6 is 18.9 Å². The molecule has 3 atom stereocenters. The van der Waals surface area contributed by atoms with Gasteiger partial charge in [0.05, 0.1) is 18.0 Å². The average Bonchev–Trinajstić information content (AvgIpc) is 3.53. The number of nitrogens with zero attached hydrogens (tertiary/aromatic N) is 2. The van der Waals surface area contributed by atoms with E-state index in [0.717, 1.165) is 40.2 Å². The monoisotopic (exact) mass is 743 g/mol. The van der Waals surface area contributed by atoms with E-state index in [1.54, 1.807) is 37.8 Å². The van der Waals surface area contributed by atoms with E-state index in [1.165, 1.54) is 29.2 Å². The number of carbonyl (C=O) groups is 3. The van der Waals surface area contributed by atoms with Crippen molar-refractivity contribution in [2.75, 3.05) is 19.7 Å². The lowest BCUT2D eigenvalue weighted by molar-refractivity contribution is -0.153. The summed E-state index contributed by atoms with van der Waals surface area (Å²) in [4.78, 5) is 64.2. The molecule has 51 heavy (non-hydrogen) atoms. The number of nitrogens with one attached hydrogen (secondary N) is 1. The number of halogens is 3. The van der Waals surface area contributed by atoms with Gasteiger partial charge in [0.25, 0.3) is 5.91 Å². The van der Waals surface area contributed by atoms with Crippen molar-refractivity contribution in [1.82, 2.24) is 15.1 Å². The Morgan fingerprint density at radius 3 is 2.35 bits per heavy atom. The number of rotatable bonds is 7. The van der Waals surface area contributed by atoms with Gasteiger partial charge >= 0.3 is 13.3 Å². The zero-order valence-corrected chi connectivity index (χ0v) is 29.7. The van der Waals surface area contributed by atoms with Crippen molar-refractivity contribution in [2.24, 2.45) is 5.41 Å². The standard InChI is InChI=1S/C36H37F3N3O7PS/c1-35(2,3)31(40-32(43)30-18-24-16-25(10-13-29(24)51-30)36(38,39)50(46,47)48)34(45)42-19-23-7-5-4-6-22(23)17-27(42)33(44)41-14-15-49-28(20-41)21-8-11-26(37)12-9-21/h4-13,16,18,27-28,31H,14-15,17,19-20H2,1-3H3,(H,40,43)(H2,46,47,48)/t27-,28?,31+/m0/s1. The largest absolute Gasteiger partial charge is 0.399 e. The molecule has 270 valence electrons. The third-order valence-corrected chi connectivity index (χ3v) is 11.4. The third kappa shape index (κ3) is 7.47. The minimum absolute atomic E-state index is 0.0977. The lowest BCUT2D eigenvalue weighted by Gasteiger charge is -2.43. The number of amides is 3. The van der Waals surface area contributed by atoms with Gasteiger partial charge in [0.1, 0.15) is 24.0 Å². The number of fused-ring (bicyclic) bond motifs is 2. The summed E-state index contributed by atoms with van der Waals surface area (Å²) in [7, 11) is -5.80. The number of alkyl halides is 2. The Kier molecular flexibility index (Phi) is 9.94. The summed E-state index contributed by atoms with van der Waals surface area (Å²) in [6.45, 7) is 6.21. The lowest BCUT2D eigenvalue weighted by Crippen LogP contribution is -2.61. The first-order chi connectivity index (χ1) is 23.9. The maximum atomic E-state index is 14.6. The summed E-state index contributed by atoms with van der Waals surface area (Å²) in [5.41, 5.74) is -3.62. The maximum Gasteiger partial charge on any atom is 0.399 e. The summed E-state index contributed by atoms with van der Waals surface area (Å²) in [6.07, 6.45) is -0.229. The quantitative estimate of drug-likeness (QED) is 0.199. The highest BCUT2D eigenvalue weighted by molar-refractivity contribution is 7.52. The molecule has 1 fully saturated rings. The number of morpholine rings is 1. The van der Waals surface area contributed by atoms with E-state index in [-0.39, 0.29) is 48.1 Å². The van der Waals surface area contributed by atoms with Crippen LogP contribution in [0.4, 0.5) is 13.2 Å². The second-order valence-corrected chi connectivity index (χ2v) is 16.6. The molecule has 0 spiro atoms. The average molecular weight is 744 g/mol. The van der Waals surface area contributed by atoms with Crippen LogP contribution in [0.5, 0.6) is 0 Å². The fourth-order valence-electron chi connectivity index (χ4n) is 6.44. The Morgan fingerprint density at radius 2 is 1.69 bits per heavy atom. The van der Waals surface area contributed by atoms with Gasteiger partial charge in [-0.15, -0.1) is 11.3 Å².